The van der Waals surface area contributed by atoms with Crippen molar-refractivity contribution >= 4 is 29.3 Å². The maximum absolute atomic E-state index is 16.0. The van der Waals surface area contributed by atoms with Crippen LogP contribution in [0.25, 0.3) is 0 Å². The van der Waals surface area contributed by atoms with Gasteiger partial charge in [-0.3, -0.25) is 24.0 Å². The smallest absolute Gasteiger partial charge is 0.245 e. The molecule has 2 aliphatic carbocycles. The Bertz CT molecular complexity index is 1930. The first-order valence-corrected chi connectivity index (χ1v) is 24.6. The molecule has 3 amide bonds. The molecule has 1 heterocycles. The first-order valence-electron chi connectivity index (χ1n) is 24.6. The number of nitrogens with one attached hydrogen (secondary N) is 3. The topological polar surface area (TPSA) is 203 Å². The summed E-state index contributed by atoms with van der Waals surface area (Å²) in [5.74, 6) is -1.52. The predicted octanol–water partition coefficient (Wildman–Crippen LogP) is 5.63. The van der Waals surface area contributed by atoms with E-state index in [0.717, 1.165) is 69.8 Å². The van der Waals surface area contributed by atoms with Gasteiger partial charge >= 0.3 is 0 Å². The van der Waals surface area contributed by atoms with E-state index in [9.17, 15) is 14.4 Å². The Morgan fingerprint density at radius 2 is 1.18 bits per heavy atom. The highest BCUT2D eigenvalue weighted by Crippen LogP contribution is 2.41. The van der Waals surface area contributed by atoms with Crippen molar-refractivity contribution in [2.75, 3.05) is 20.1 Å². The van der Waals surface area contributed by atoms with Crippen molar-refractivity contribution in [1.82, 2.24) is 20.9 Å². The van der Waals surface area contributed by atoms with Crippen LogP contribution in [0.5, 0.6) is 0 Å². The Morgan fingerprint density at radius 1 is 0.646 bits per heavy atom. The zero-order valence-corrected chi connectivity index (χ0v) is 38.6. The van der Waals surface area contributed by atoms with Crippen LogP contribution in [0.1, 0.15) is 126 Å². The summed E-state index contributed by atoms with van der Waals surface area (Å²) in [4.78, 5) is 77.1. The summed E-state index contributed by atoms with van der Waals surface area (Å²) in [6.45, 7) is 0.688. The molecule has 2 saturated carbocycles. The highest BCUT2D eigenvalue weighted by molar-refractivity contribution is 6.08. The average molecular weight is 890 g/mol. The molecule has 65 heavy (non-hydrogen) atoms. The van der Waals surface area contributed by atoms with Gasteiger partial charge in [-0.15, -0.1) is 0 Å². The molecule has 6 rings (SSSR count). The number of amides is 3. The van der Waals surface area contributed by atoms with Crippen LogP contribution in [-0.2, 0) is 35.8 Å². The summed E-state index contributed by atoms with van der Waals surface area (Å²) in [6, 6.07) is 22.1. The van der Waals surface area contributed by atoms with Crippen LogP contribution in [0, 0.1) is 11.8 Å². The third-order valence-corrected chi connectivity index (χ3v) is 14.5. The number of hydrogen-bond donors (Lipinski definition) is 6. The van der Waals surface area contributed by atoms with Crippen LogP contribution in [0.2, 0.25) is 0 Å². The van der Waals surface area contributed by atoms with Gasteiger partial charge < -0.3 is 38.1 Å². The van der Waals surface area contributed by atoms with Gasteiger partial charge in [0.25, 0.3) is 0 Å². The number of likely N-dealkylation sites (N-methyl/N-ethyl adjacent to an activating group) is 1. The minimum Gasteiger partial charge on any atom is -0.343 e. The van der Waals surface area contributed by atoms with Gasteiger partial charge in [0, 0.05) is 6.54 Å². The Hall–Kier alpha value is -4.75. The lowest BCUT2D eigenvalue weighted by Gasteiger charge is -2.44. The zero-order chi connectivity index (χ0) is 46.2. The molecule has 3 fully saturated rings. The Kier molecular flexibility index (Phi) is 18.9. The third kappa shape index (κ3) is 12.6. The van der Waals surface area contributed by atoms with Gasteiger partial charge in [-0.1, -0.05) is 155 Å². The van der Waals surface area contributed by atoms with E-state index >= 15 is 9.59 Å². The monoisotopic (exact) mass is 890 g/mol. The second-order valence-corrected chi connectivity index (χ2v) is 19.0. The van der Waals surface area contributed by atoms with Gasteiger partial charge in [0.1, 0.15) is 17.5 Å². The molecule has 9 N–H and O–H groups in total. The third-order valence-electron chi connectivity index (χ3n) is 14.5. The number of nitrogens with two attached hydrogens (primary N) is 3. The lowest BCUT2D eigenvalue weighted by Crippen LogP contribution is -2.67. The first kappa shape index (κ1) is 49.7. The van der Waals surface area contributed by atoms with Crippen molar-refractivity contribution in [1.29, 1.82) is 0 Å². The van der Waals surface area contributed by atoms with E-state index < -0.39 is 53.4 Å². The Labute approximate surface area is 387 Å². The van der Waals surface area contributed by atoms with E-state index in [4.69, 9.17) is 17.2 Å². The Balaban J connectivity index is 1.41. The number of hydrogen-bond acceptors (Lipinski definition) is 9. The SMILES string of the molecule is CN[C@@H](Cc1ccccc1)C(=O)N[C@@H](CCCCN)C(=O)N1CCC[C@H]1C(=O)C(NC(=O)[C@@H](N)CC1CCCCC1)C(C(=O)[C@H](N)CC1CCCCC1)(c1ccccc1)c1ccccc1. The molecule has 3 aliphatic rings. The van der Waals surface area contributed by atoms with Crippen LogP contribution in [0.4, 0.5) is 0 Å². The molecule has 352 valence electrons. The number of benzene rings is 3. The van der Waals surface area contributed by atoms with Crippen molar-refractivity contribution in [2.45, 2.75) is 157 Å². The van der Waals surface area contributed by atoms with E-state index in [1.807, 2.05) is 91.0 Å². The molecule has 6 atom stereocenters. The molecule has 0 aromatic heterocycles. The lowest BCUT2D eigenvalue weighted by molar-refractivity contribution is -0.143. The zero-order valence-electron chi connectivity index (χ0n) is 38.6. The molecule has 1 unspecified atom stereocenters. The van der Waals surface area contributed by atoms with Gasteiger partial charge in [0.15, 0.2) is 11.6 Å². The van der Waals surface area contributed by atoms with Gasteiger partial charge in [0.05, 0.1) is 24.2 Å². The van der Waals surface area contributed by atoms with Crippen LogP contribution >= 0.6 is 0 Å². The van der Waals surface area contributed by atoms with Crippen molar-refractivity contribution < 1.29 is 24.0 Å². The number of unbranched alkanes of at least 4 members (excludes halogenated alkanes) is 1. The fourth-order valence-corrected chi connectivity index (χ4v) is 11.0. The predicted molar refractivity (Wildman–Crippen MR) is 257 cm³/mol. The van der Waals surface area contributed by atoms with Crippen molar-refractivity contribution in [3.63, 3.8) is 0 Å². The molecule has 1 aliphatic heterocycles. The molecule has 1 saturated heterocycles. The van der Waals surface area contributed by atoms with E-state index in [1.54, 1.807) is 11.9 Å². The second-order valence-electron chi connectivity index (χ2n) is 19.0. The number of Topliss-reactive ketones (excluding diaryl/α,β-unsaturated/α-hetero) is 2. The average Bonchev–Trinajstić information content (AvgIpc) is 3.84. The summed E-state index contributed by atoms with van der Waals surface area (Å²) in [6.07, 6.45) is 14.3. The summed E-state index contributed by atoms with van der Waals surface area (Å²) in [5, 5.41) is 9.32. The van der Waals surface area contributed by atoms with Crippen LogP contribution in [0.3, 0.4) is 0 Å². The van der Waals surface area contributed by atoms with Gasteiger partial charge in [0.2, 0.25) is 17.7 Å². The standard InChI is InChI=1S/C53H75N7O5/c1-57-45(36-39-24-11-4-12-25-39)51(64)58-44(30-17-18-32-54)52(65)60-33-19-31-46(60)47(61)48(59-50(63)43(56)35-38-22-9-3-10-23-38)53(40-26-13-5-14-27-40,41-28-15-6-16-29-41)49(62)42(55)34-37-20-7-2-8-21-37/h4-6,11-16,24-29,37-38,42-46,48,57H,2-3,7-10,17-23,30-36,54-56H2,1H3,(H,58,64)(H,59,63)/t42-,43+,44+,45+,46+,48?/m1/s1. The van der Waals surface area contributed by atoms with E-state index in [1.165, 1.54) is 0 Å². The van der Waals surface area contributed by atoms with Crippen LogP contribution in [-0.4, -0.2) is 90.6 Å². The maximum Gasteiger partial charge on any atom is 0.245 e. The summed E-state index contributed by atoms with van der Waals surface area (Å²) >= 11 is 0. The molecule has 12 heteroatoms. The van der Waals surface area contributed by atoms with E-state index in [-0.39, 0.29) is 36.0 Å². The minimum atomic E-state index is -1.78. The number of carbonyl (C=O) groups excluding carboxylic acids is 5. The van der Waals surface area contributed by atoms with Crippen molar-refractivity contribution in [3.8, 4) is 0 Å². The van der Waals surface area contributed by atoms with E-state index in [0.29, 0.717) is 69.0 Å². The molecule has 3 aromatic rings. The molecule has 0 bridgehead atoms. The summed E-state index contributed by atoms with van der Waals surface area (Å²) < 4.78 is 0. The number of ketones is 2. The first-order chi connectivity index (χ1) is 31.6. The molecule has 3 aromatic carbocycles. The van der Waals surface area contributed by atoms with Crippen LogP contribution in [0.15, 0.2) is 91.0 Å². The summed E-state index contributed by atoms with van der Waals surface area (Å²) in [5.41, 5.74) is 20.0. The number of likely N-dealkylation sites (tertiary alicyclic amines) is 1. The number of rotatable bonds is 23. The van der Waals surface area contributed by atoms with Gasteiger partial charge in [-0.2, -0.15) is 0 Å². The normalized spacial score (nSPS) is 19.7. The summed E-state index contributed by atoms with van der Waals surface area (Å²) in [7, 11) is 1.72. The molecular weight excluding hydrogens is 815 g/mol. The van der Waals surface area contributed by atoms with E-state index in [2.05, 4.69) is 16.0 Å². The number of carbonyl (C=O) groups is 5. The van der Waals surface area contributed by atoms with Crippen molar-refractivity contribution in [3.05, 3.63) is 108 Å². The quantitative estimate of drug-likeness (QED) is 0.0653. The van der Waals surface area contributed by atoms with Gasteiger partial charge in [-0.25, -0.2) is 0 Å². The van der Waals surface area contributed by atoms with Crippen LogP contribution < -0.4 is 33.2 Å². The van der Waals surface area contributed by atoms with Gasteiger partial charge in [-0.05, 0) is 93.5 Å². The molecular formula is C53H75N7O5. The Morgan fingerprint density at radius 3 is 1.72 bits per heavy atom. The lowest BCUT2D eigenvalue weighted by atomic mass is 9.62. The molecule has 12 nitrogen and oxygen atoms in total. The fourth-order valence-electron chi connectivity index (χ4n) is 11.0. The fraction of sp³-hybridized carbons (Fsp3) is 0.566. The maximum atomic E-state index is 16.0. The highest BCUT2D eigenvalue weighted by atomic mass is 16.2. The number of nitrogens with zero attached hydrogens (tertiary/aromatic N) is 1. The minimum absolute atomic E-state index is 0.254. The highest BCUT2D eigenvalue weighted by Gasteiger charge is 2.56. The largest absolute Gasteiger partial charge is 0.343 e. The van der Waals surface area contributed by atoms with Crippen molar-refractivity contribution in [2.24, 2.45) is 29.0 Å². The molecule has 0 radical (unpaired) electrons. The second kappa shape index (κ2) is 24.7. The molecule has 0 spiro atoms.